The summed E-state index contributed by atoms with van der Waals surface area (Å²) in [6, 6.07) is 8.60. The number of anilines is 1. The largest absolute Gasteiger partial charge is 0.493 e. The topological polar surface area (TPSA) is 89.7 Å². The zero-order chi connectivity index (χ0) is 25.9. The van der Waals surface area contributed by atoms with Crippen LogP contribution >= 0.6 is 11.6 Å². The molecule has 0 bridgehead atoms. The zero-order valence-corrected chi connectivity index (χ0v) is 20.3. The molecule has 1 aromatic heterocycles. The summed E-state index contributed by atoms with van der Waals surface area (Å²) in [4.78, 5) is 19.2. The van der Waals surface area contributed by atoms with Gasteiger partial charge >= 0.3 is 6.18 Å². The first kappa shape index (κ1) is 25.8. The minimum atomic E-state index is -4.61. The number of hydrogen-bond acceptors (Lipinski definition) is 7. The van der Waals surface area contributed by atoms with Crippen LogP contribution in [0.2, 0.25) is 5.02 Å². The number of likely N-dealkylation sites (tertiary alicyclic amines) is 1. The summed E-state index contributed by atoms with van der Waals surface area (Å²) in [6.45, 7) is 1.46. The first-order valence-corrected chi connectivity index (χ1v) is 11.5. The van der Waals surface area contributed by atoms with Crippen LogP contribution in [0.1, 0.15) is 24.3 Å². The van der Waals surface area contributed by atoms with E-state index in [9.17, 15) is 18.0 Å². The van der Waals surface area contributed by atoms with Gasteiger partial charge in [-0.15, -0.1) is 0 Å². The van der Waals surface area contributed by atoms with E-state index in [-0.39, 0.29) is 11.6 Å². The van der Waals surface area contributed by atoms with Crippen molar-refractivity contribution in [2.75, 3.05) is 32.6 Å². The molecule has 1 aliphatic rings. The standard InChI is InChI=1S/C24H24ClF3N4O4/c1-34-19-8-5-14(10-20(19)35-2)22-30-21(36-31-22)13-32-9-3-4-15(12-32)23(33)29-16-6-7-18(25)17(11-16)24(26,27)28/h5-8,10-11,15H,3-4,9,12-13H2,1-2H3,(H,29,33). The molecule has 8 nitrogen and oxygen atoms in total. The van der Waals surface area contributed by atoms with Crippen LogP contribution in [0.4, 0.5) is 18.9 Å². The second kappa shape index (κ2) is 10.8. The molecule has 0 spiro atoms. The average molecular weight is 525 g/mol. The Balaban J connectivity index is 1.39. The zero-order valence-electron chi connectivity index (χ0n) is 19.6. The third-order valence-electron chi connectivity index (χ3n) is 5.88. The van der Waals surface area contributed by atoms with Gasteiger partial charge in [0.15, 0.2) is 11.5 Å². The molecule has 3 aromatic rings. The lowest BCUT2D eigenvalue weighted by Crippen LogP contribution is -2.40. The number of piperidine rings is 1. The third-order valence-corrected chi connectivity index (χ3v) is 6.21. The molecule has 1 atom stereocenters. The molecule has 0 aliphatic carbocycles. The highest BCUT2D eigenvalue weighted by Gasteiger charge is 2.34. The molecule has 1 N–H and O–H groups in total. The number of carbonyl (C=O) groups excluding carboxylic acids is 1. The van der Waals surface area contributed by atoms with Crippen molar-refractivity contribution < 1.29 is 32.0 Å². The van der Waals surface area contributed by atoms with Gasteiger partial charge in [0.1, 0.15) is 0 Å². The molecular weight excluding hydrogens is 501 g/mol. The molecule has 1 aliphatic heterocycles. The molecule has 2 aromatic carbocycles. The van der Waals surface area contributed by atoms with Crippen LogP contribution in [-0.4, -0.2) is 48.3 Å². The smallest absolute Gasteiger partial charge is 0.417 e. The lowest BCUT2D eigenvalue weighted by molar-refractivity contribution is -0.137. The number of carbonyl (C=O) groups is 1. The number of halogens is 4. The highest BCUT2D eigenvalue weighted by Crippen LogP contribution is 2.36. The molecule has 36 heavy (non-hydrogen) atoms. The van der Waals surface area contributed by atoms with E-state index < -0.39 is 22.7 Å². The van der Waals surface area contributed by atoms with E-state index in [4.69, 9.17) is 25.6 Å². The maximum atomic E-state index is 13.1. The number of nitrogens with zero attached hydrogens (tertiary/aromatic N) is 3. The van der Waals surface area contributed by atoms with Gasteiger partial charge in [-0.2, -0.15) is 18.2 Å². The van der Waals surface area contributed by atoms with E-state index in [1.807, 2.05) is 4.90 Å². The fourth-order valence-corrected chi connectivity index (χ4v) is 4.31. The number of amides is 1. The van der Waals surface area contributed by atoms with Crippen LogP contribution in [0.3, 0.4) is 0 Å². The van der Waals surface area contributed by atoms with Gasteiger partial charge in [-0.05, 0) is 55.8 Å². The van der Waals surface area contributed by atoms with Crippen LogP contribution in [0.25, 0.3) is 11.4 Å². The number of rotatable bonds is 7. The molecule has 0 saturated carbocycles. The number of nitrogens with one attached hydrogen (secondary N) is 1. The molecular formula is C24H24ClF3N4O4. The Labute approximate surface area is 210 Å². The second-order valence-corrected chi connectivity index (χ2v) is 8.74. The normalized spacial score (nSPS) is 16.6. The number of hydrogen-bond donors (Lipinski definition) is 1. The second-order valence-electron chi connectivity index (χ2n) is 8.34. The summed E-state index contributed by atoms with van der Waals surface area (Å²) in [5, 5.41) is 6.20. The fraction of sp³-hybridized carbons (Fsp3) is 0.375. The van der Waals surface area contributed by atoms with Crippen molar-refractivity contribution in [2.45, 2.75) is 25.6 Å². The summed E-state index contributed by atoms with van der Waals surface area (Å²) in [5.74, 6) is 1.13. The molecule has 4 rings (SSSR count). The number of benzene rings is 2. The van der Waals surface area contributed by atoms with Crippen LogP contribution in [0.15, 0.2) is 40.9 Å². The van der Waals surface area contributed by atoms with Gasteiger partial charge < -0.3 is 19.3 Å². The highest BCUT2D eigenvalue weighted by atomic mass is 35.5. The van der Waals surface area contributed by atoms with Crippen molar-refractivity contribution in [1.29, 1.82) is 0 Å². The van der Waals surface area contributed by atoms with Crippen LogP contribution < -0.4 is 14.8 Å². The highest BCUT2D eigenvalue weighted by molar-refractivity contribution is 6.31. The van der Waals surface area contributed by atoms with E-state index in [1.54, 1.807) is 25.3 Å². The first-order valence-electron chi connectivity index (χ1n) is 11.1. The molecule has 0 radical (unpaired) electrons. The summed E-state index contributed by atoms with van der Waals surface area (Å²) in [5.41, 5.74) is -0.251. The Morgan fingerprint density at radius 1 is 1.19 bits per heavy atom. The fourth-order valence-electron chi connectivity index (χ4n) is 4.08. The van der Waals surface area contributed by atoms with Crippen molar-refractivity contribution in [3.63, 3.8) is 0 Å². The lowest BCUT2D eigenvalue weighted by Gasteiger charge is -2.30. The van der Waals surface area contributed by atoms with Gasteiger partial charge in [0.25, 0.3) is 0 Å². The van der Waals surface area contributed by atoms with E-state index in [1.165, 1.54) is 13.2 Å². The monoisotopic (exact) mass is 524 g/mol. The average Bonchev–Trinajstić information content (AvgIpc) is 3.32. The number of aromatic nitrogens is 2. The Hall–Kier alpha value is -3.31. The maximum Gasteiger partial charge on any atom is 0.417 e. The van der Waals surface area contributed by atoms with Crippen molar-refractivity contribution >= 4 is 23.2 Å². The Kier molecular flexibility index (Phi) is 7.70. The summed E-state index contributed by atoms with van der Waals surface area (Å²) < 4.78 is 55.3. The van der Waals surface area contributed by atoms with Gasteiger partial charge in [0.05, 0.1) is 37.3 Å². The number of alkyl halides is 3. The third kappa shape index (κ3) is 5.90. The molecule has 1 fully saturated rings. The van der Waals surface area contributed by atoms with Gasteiger partial charge in [0, 0.05) is 17.8 Å². The van der Waals surface area contributed by atoms with Gasteiger partial charge in [-0.25, -0.2) is 0 Å². The molecule has 1 amide bonds. The first-order chi connectivity index (χ1) is 17.2. The molecule has 192 valence electrons. The summed E-state index contributed by atoms with van der Waals surface area (Å²) >= 11 is 5.66. The Morgan fingerprint density at radius 3 is 2.69 bits per heavy atom. The Bertz CT molecular complexity index is 1230. The summed E-state index contributed by atoms with van der Waals surface area (Å²) in [6.07, 6.45) is -3.26. The van der Waals surface area contributed by atoms with E-state index in [0.29, 0.717) is 48.3 Å². The van der Waals surface area contributed by atoms with Crippen molar-refractivity contribution in [3.8, 4) is 22.9 Å². The number of ether oxygens (including phenoxy) is 2. The van der Waals surface area contributed by atoms with E-state index in [2.05, 4.69) is 15.5 Å². The van der Waals surface area contributed by atoms with Gasteiger partial charge in [-0.3, -0.25) is 9.69 Å². The predicted molar refractivity (Wildman–Crippen MR) is 126 cm³/mol. The molecule has 1 unspecified atom stereocenters. The van der Waals surface area contributed by atoms with Crippen molar-refractivity contribution in [1.82, 2.24) is 15.0 Å². The SMILES string of the molecule is COc1ccc(-c2noc(CN3CCCC(C(=O)Nc4ccc(Cl)c(C(F)(F)F)c4)C3)n2)cc1OC. The molecule has 12 heteroatoms. The molecule has 2 heterocycles. The molecule has 1 saturated heterocycles. The summed E-state index contributed by atoms with van der Waals surface area (Å²) in [7, 11) is 3.08. The maximum absolute atomic E-state index is 13.1. The number of methoxy groups -OCH3 is 2. The van der Waals surface area contributed by atoms with Gasteiger partial charge in [0.2, 0.25) is 17.6 Å². The van der Waals surface area contributed by atoms with Crippen LogP contribution in [-0.2, 0) is 17.5 Å². The Morgan fingerprint density at radius 2 is 1.97 bits per heavy atom. The quantitative estimate of drug-likeness (QED) is 0.450. The lowest BCUT2D eigenvalue weighted by atomic mass is 9.97. The minimum absolute atomic E-state index is 0.0466. The van der Waals surface area contributed by atoms with Crippen molar-refractivity contribution in [3.05, 3.63) is 52.9 Å². The van der Waals surface area contributed by atoms with Crippen molar-refractivity contribution in [2.24, 2.45) is 5.92 Å². The van der Waals surface area contributed by atoms with E-state index >= 15 is 0 Å². The predicted octanol–water partition coefficient (Wildman–Crippen LogP) is 5.28. The van der Waals surface area contributed by atoms with Gasteiger partial charge in [-0.1, -0.05) is 16.8 Å². The van der Waals surface area contributed by atoms with Crippen LogP contribution in [0.5, 0.6) is 11.5 Å². The van der Waals surface area contributed by atoms with E-state index in [0.717, 1.165) is 25.1 Å². The van der Waals surface area contributed by atoms with Crippen LogP contribution in [0, 0.1) is 5.92 Å². The minimum Gasteiger partial charge on any atom is -0.493 e.